The second-order valence-electron chi connectivity index (χ2n) is 8.92. The number of rotatable bonds is 11. The van der Waals surface area contributed by atoms with Gasteiger partial charge in [0, 0.05) is 18.5 Å². The van der Waals surface area contributed by atoms with Gasteiger partial charge in [0.25, 0.3) is 5.91 Å². The summed E-state index contributed by atoms with van der Waals surface area (Å²) in [6.07, 6.45) is 1.55. The van der Waals surface area contributed by atoms with E-state index in [0.717, 1.165) is 23.3 Å². The molecule has 7 nitrogen and oxygen atoms in total. The van der Waals surface area contributed by atoms with Crippen LogP contribution in [0.5, 0.6) is 23.0 Å². The largest absolute Gasteiger partial charge is 0.496 e. The number of ether oxygens (including phenoxy) is 4. The summed E-state index contributed by atoms with van der Waals surface area (Å²) in [5.74, 6) is 2.98. The summed E-state index contributed by atoms with van der Waals surface area (Å²) in [5, 5.41) is 2.88. The monoisotopic (exact) mass is 481 g/mol. The van der Waals surface area contributed by atoms with Crippen molar-refractivity contribution in [3.05, 3.63) is 70.7 Å². The van der Waals surface area contributed by atoms with Gasteiger partial charge in [-0.1, -0.05) is 32.9 Å². The standard InChI is InChI=1S/C28H35NO6/c1-8-28(2,3)20-9-11-22(31-4)19(15-20)16-21-10-12-23(35-21)27(30)29-17-18-13-24(32-5)26(34-7)25(14-18)33-6/h9-15H,8,16-17H2,1-7H3,(H,29,30). The zero-order valence-electron chi connectivity index (χ0n) is 21.6. The highest BCUT2D eigenvalue weighted by atomic mass is 16.5. The van der Waals surface area contributed by atoms with Crippen LogP contribution in [-0.2, 0) is 18.4 Å². The van der Waals surface area contributed by atoms with E-state index in [-0.39, 0.29) is 23.6 Å². The van der Waals surface area contributed by atoms with E-state index in [1.54, 1.807) is 46.6 Å². The Bertz CT molecular complexity index is 1140. The Kier molecular flexibility index (Phi) is 8.33. The van der Waals surface area contributed by atoms with Crippen molar-refractivity contribution in [1.82, 2.24) is 5.32 Å². The zero-order valence-corrected chi connectivity index (χ0v) is 21.6. The molecule has 0 radical (unpaired) electrons. The molecule has 0 aliphatic rings. The van der Waals surface area contributed by atoms with Crippen molar-refractivity contribution in [3.63, 3.8) is 0 Å². The maximum absolute atomic E-state index is 12.7. The van der Waals surface area contributed by atoms with Crippen molar-refractivity contribution in [2.45, 2.75) is 45.6 Å². The van der Waals surface area contributed by atoms with E-state index in [1.165, 1.54) is 5.56 Å². The Balaban J connectivity index is 1.73. The second-order valence-corrected chi connectivity index (χ2v) is 8.92. The molecule has 0 spiro atoms. The average Bonchev–Trinajstić information content (AvgIpc) is 3.34. The number of furan rings is 1. The number of nitrogens with one attached hydrogen (secondary N) is 1. The molecule has 0 atom stereocenters. The van der Waals surface area contributed by atoms with Crippen molar-refractivity contribution < 1.29 is 28.2 Å². The molecule has 1 amide bonds. The molecule has 7 heteroatoms. The molecule has 2 aromatic carbocycles. The second kappa shape index (κ2) is 11.2. The molecule has 1 aromatic heterocycles. The first-order valence-electron chi connectivity index (χ1n) is 11.6. The number of amides is 1. The minimum atomic E-state index is -0.308. The maximum Gasteiger partial charge on any atom is 0.287 e. The van der Waals surface area contributed by atoms with Crippen molar-refractivity contribution in [3.8, 4) is 23.0 Å². The molecule has 0 fully saturated rings. The van der Waals surface area contributed by atoms with Crippen LogP contribution in [0.2, 0.25) is 0 Å². The highest BCUT2D eigenvalue weighted by Gasteiger charge is 2.21. The van der Waals surface area contributed by atoms with E-state index in [2.05, 4.69) is 38.2 Å². The third-order valence-electron chi connectivity index (χ3n) is 6.37. The summed E-state index contributed by atoms with van der Waals surface area (Å²) in [6.45, 7) is 6.90. The number of hydrogen-bond acceptors (Lipinski definition) is 6. The van der Waals surface area contributed by atoms with Gasteiger partial charge < -0.3 is 28.7 Å². The van der Waals surface area contributed by atoms with E-state index in [0.29, 0.717) is 29.4 Å². The fourth-order valence-corrected chi connectivity index (χ4v) is 3.83. The normalized spacial score (nSPS) is 11.2. The third kappa shape index (κ3) is 5.91. The predicted molar refractivity (Wildman–Crippen MR) is 135 cm³/mol. The van der Waals surface area contributed by atoms with Gasteiger partial charge in [0.2, 0.25) is 5.75 Å². The summed E-state index contributed by atoms with van der Waals surface area (Å²) >= 11 is 0. The highest BCUT2D eigenvalue weighted by molar-refractivity contribution is 5.91. The Labute approximate surface area is 207 Å². The van der Waals surface area contributed by atoms with Crippen molar-refractivity contribution in [2.24, 2.45) is 0 Å². The molecule has 1 N–H and O–H groups in total. The van der Waals surface area contributed by atoms with Crippen LogP contribution in [-0.4, -0.2) is 34.3 Å². The number of benzene rings is 2. The van der Waals surface area contributed by atoms with Crippen LogP contribution in [0.1, 0.15) is 60.2 Å². The molecule has 3 rings (SSSR count). The van der Waals surface area contributed by atoms with Crippen molar-refractivity contribution in [1.29, 1.82) is 0 Å². The van der Waals surface area contributed by atoms with Crippen molar-refractivity contribution in [2.75, 3.05) is 28.4 Å². The molecule has 0 aliphatic heterocycles. The number of carbonyl (C=O) groups excluding carboxylic acids is 1. The zero-order chi connectivity index (χ0) is 25.6. The molecule has 0 aliphatic carbocycles. The molecule has 0 saturated carbocycles. The lowest BCUT2D eigenvalue weighted by Crippen LogP contribution is -2.22. The van der Waals surface area contributed by atoms with Gasteiger partial charge in [-0.3, -0.25) is 4.79 Å². The van der Waals surface area contributed by atoms with Crippen LogP contribution in [0.4, 0.5) is 0 Å². The fourth-order valence-electron chi connectivity index (χ4n) is 3.83. The average molecular weight is 482 g/mol. The Morgan fingerprint density at radius 2 is 1.54 bits per heavy atom. The number of methoxy groups -OCH3 is 4. The van der Waals surface area contributed by atoms with Gasteiger partial charge in [-0.25, -0.2) is 0 Å². The maximum atomic E-state index is 12.7. The molecule has 0 saturated heterocycles. The van der Waals surface area contributed by atoms with Gasteiger partial charge in [-0.05, 0) is 53.3 Å². The van der Waals surface area contributed by atoms with Gasteiger partial charge in [0.05, 0.1) is 28.4 Å². The summed E-state index contributed by atoms with van der Waals surface area (Å²) in [6, 6.07) is 13.4. The highest BCUT2D eigenvalue weighted by Crippen LogP contribution is 2.38. The lowest BCUT2D eigenvalue weighted by molar-refractivity contribution is 0.0921. The predicted octanol–water partition coefficient (Wildman–Crippen LogP) is 5.52. The molecule has 188 valence electrons. The first-order valence-corrected chi connectivity index (χ1v) is 11.6. The molecule has 0 unspecified atom stereocenters. The van der Waals surface area contributed by atoms with Gasteiger partial charge in [0.1, 0.15) is 11.5 Å². The molecule has 35 heavy (non-hydrogen) atoms. The summed E-state index contributed by atoms with van der Waals surface area (Å²) in [4.78, 5) is 12.7. The van der Waals surface area contributed by atoms with E-state index < -0.39 is 0 Å². The van der Waals surface area contributed by atoms with Gasteiger partial charge in [0.15, 0.2) is 17.3 Å². The van der Waals surface area contributed by atoms with Crippen LogP contribution in [0.25, 0.3) is 0 Å². The number of hydrogen-bond donors (Lipinski definition) is 1. The van der Waals surface area contributed by atoms with Gasteiger partial charge in [-0.15, -0.1) is 0 Å². The van der Waals surface area contributed by atoms with Crippen LogP contribution in [0.15, 0.2) is 46.9 Å². The van der Waals surface area contributed by atoms with Crippen LogP contribution < -0.4 is 24.3 Å². The quantitative estimate of drug-likeness (QED) is 0.388. The third-order valence-corrected chi connectivity index (χ3v) is 6.37. The topological polar surface area (TPSA) is 79.2 Å². The first kappa shape index (κ1) is 26.0. The summed E-state index contributed by atoms with van der Waals surface area (Å²) < 4.78 is 27.5. The minimum Gasteiger partial charge on any atom is -0.496 e. The summed E-state index contributed by atoms with van der Waals surface area (Å²) in [5.41, 5.74) is 3.12. The molecule has 3 aromatic rings. The first-order chi connectivity index (χ1) is 16.8. The Hall–Kier alpha value is -3.61. The van der Waals surface area contributed by atoms with E-state index >= 15 is 0 Å². The van der Waals surface area contributed by atoms with E-state index in [4.69, 9.17) is 23.4 Å². The fraction of sp³-hybridized carbons (Fsp3) is 0.393. The molecule has 1 heterocycles. The van der Waals surface area contributed by atoms with Gasteiger partial charge in [-0.2, -0.15) is 0 Å². The SMILES string of the molecule is CCC(C)(C)c1ccc(OC)c(Cc2ccc(C(=O)NCc3cc(OC)c(OC)c(OC)c3)o2)c1. The number of carbonyl (C=O) groups is 1. The van der Waals surface area contributed by atoms with E-state index in [1.807, 2.05) is 12.1 Å². The minimum absolute atomic E-state index is 0.0576. The Morgan fingerprint density at radius 1 is 0.886 bits per heavy atom. The lowest BCUT2D eigenvalue weighted by Gasteiger charge is -2.24. The van der Waals surface area contributed by atoms with Crippen LogP contribution in [0, 0.1) is 0 Å². The lowest BCUT2D eigenvalue weighted by atomic mass is 9.81. The van der Waals surface area contributed by atoms with E-state index in [9.17, 15) is 4.79 Å². The molecule has 0 bridgehead atoms. The van der Waals surface area contributed by atoms with Gasteiger partial charge >= 0.3 is 0 Å². The summed E-state index contributed by atoms with van der Waals surface area (Å²) in [7, 11) is 6.32. The molecular formula is C28H35NO6. The molecular weight excluding hydrogens is 446 g/mol. The Morgan fingerprint density at radius 3 is 2.11 bits per heavy atom. The smallest absolute Gasteiger partial charge is 0.287 e. The van der Waals surface area contributed by atoms with Crippen LogP contribution >= 0.6 is 0 Å². The van der Waals surface area contributed by atoms with Crippen molar-refractivity contribution >= 4 is 5.91 Å². The van der Waals surface area contributed by atoms with Crippen LogP contribution in [0.3, 0.4) is 0 Å².